The Labute approximate surface area is 405 Å². The molecule has 0 saturated heterocycles. The molecule has 0 heterocycles. The van der Waals surface area contributed by atoms with E-state index in [9.17, 15) is 0 Å². The van der Waals surface area contributed by atoms with Crippen LogP contribution in [-0.2, 0) is 5.41 Å². The fourth-order valence-corrected chi connectivity index (χ4v) is 13.9. The van der Waals surface area contributed by atoms with Crippen molar-refractivity contribution in [3.63, 3.8) is 0 Å². The third kappa shape index (κ3) is 6.07. The van der Waals surface area contributed by atoms with E-state index in [4.69, 9.17) is 0 Å². The molecule has 6 aliphatic carbocycles. The molecule has 2 atom stereocenters. The van der Waals surface area contributed by atoms with E-state index in [-0.39, 0.29) is 5.41 Å². The van der Waals surface area contributed by atoms with Crippen LogP contribution in [-0.4, -0.2) is 0 Å². The summed E-state index contributed by atoms with van der Waals surface area (Å²) >= 11 is 0. The van der Waals surface area contributed by atoms with Gasteiger partial charge in [-0.1, -0.05) is 220 Å². The standard InChI is InChI=1S/C69H54/c1-69(2)63-35-19-18-26-51(63)52-37-36-44(42-64(52)69)66-55-29-12-16-33-59(55)68(60-34-17-13-30-56(60)66)62-41-39-50(46-23-7-9-25-48(46)62)49-38-40-61(47-24-8-6-22-45(47)49)67-57-31-14-10-27-53(57)65(43-20-4-3-5-21-43)54-28-11-15-32-58(54)67/h3-4,6-20,22-35,39,41-42,53,57H,5,21,36-38,40H2,1-2H3. The predicted octanol–water partition coefficient (Wildman–Crippen LogP) is 14.5. The van der Waals surface area contributed by atoms with E-state index < -0.39 is 0 Å². The van der Waals surface area contributed by atoms with Gasteiger partial charge >= 0.3 is 0 Å². The first-order valence-corrected chi connectivity index (χ1v) is 25.4. The second kappa shape index (κ2) is 15.8. The maximum absolute atomic E-state index is 2.58. The number of rotatable bonds is 5. The first-order chi connectivity index (χ1) is 34.0. The van der Waals surface area contributed by atoms with Crippen molar-refractivity contribution in [3.8, 4) is 11.1 Å². The van der Waals surface area contributed by atoms with Crippen LogP contribution in [0.25, 0.3) is 76.9 Å². The number of benzene rings is 8. The smallest absolute Gasteiger partial charge is 0.0155 e. The van der Waals surface area contributed by atoms with Gasteiger partial charge in [-0.2, -0.15) is 0 Å². The van der Waals surface area contributed by atoms with Crippen LogP contribution in [0.15, 0.2) is 217 Å². The molecule has 0 N–H and O–H groups in total. The Bertz CT molecular complexity index is 3980. The van der Waals surface area contributed by atoms with Crippen LogP contribution < -0.4 is 20.9 Å². The minimum atomic E-state index is -0.0267. The summed E-state index contributed by atoms with van der Waals surface area (Å²) in [6.45, 7) is 4.84. The molecule has 0 heteroatoms. The van der Waals surface area contributed by atoms with E-state index >= 15 is 0 Å². The molecule has 14 rings (SSSR count). The van der Waals surface area contributed by atoms with Gasteiger partial charge in [0.2, 0.25) is 0 Å². The summed E-state index contributed by atoms with van der Waals surface area (Å²) in [7, 11) is 0. The molecule has 0 aliphatic heterocycles. The molecule has 0 aromatic heterocycles. The van der Waals surface area contributed by atoms with Crippen molar-refractivity contribution in [2.24, 2.45) is 11.8 Å². The highest BCUT2D eigenvalue weighted by molar-refractivity contribution is 6.22. The monoisotopic (exact) mass is 882 g/mol. The van der Waals surface area contributed by atoms with E-state index in [1.807, 2.05) is 0 Å². The summed E-state index contributed by atoms with van der Waals surface area (Å²) < 4.78 is 0. The Balaban J connectivity index is 0.972. The van der Waals surface area contributed by atoms with Crippen LogP contribution in [0, 0.1) is 11.8 Å². The summed E-state index contributed by atoms with van der Waals surface area (Å²) in [6.07, 6.45) is 25.4. The minimum Gasteiger partial charge on any atom is -0.0842 e. The number of allylic oxidation sites excluding steroid dienone is 12. The Morgan fingerprint density at radius 2 is 0.913 bits per heavy atom. The largest absolute Gasteiger partial charge is 0.0842 e. The van der Waals surface area contributed by atoms with Gasteiger partial charge < -0.3 is 0 Å². The van der Waals surface area contributed by atoms with E-state index in [0.29, 0.717) is 11.8 Å². The molecule has 0 spiro atoms. The van der Waals surface area contributed by atoms with Crippen molar-refractivity contribution >= 4 is 65.8 Å². The fourth-order valence-electron chi connectivity index (χ4n) is 13.9. The molecule has 0 nitrogen and oxygen atoms in total. The molecule has 2 unspecified atom stereocenters. The van der Waals surface area contributed by atoms with E-state index in [1.54, 1.807) is 0 Å². The third-order valence-corrected chi connectivity index (χ3v) is 16.9. The van der Waals surface area contributed by atoms with Crippen LogP contribution in [0.3, 0.4) is 0 Å². The van der Waals surface area contributed by atoms with Gasteiger partial charge in [-0.3, -0.25) is 0 Å². The van der Waals surface area contributed by atoms with Crippen LogP contribution in [0.2, 0.25) is 0 Å². The highest BCUT2D eigenvalue weighted by Gasteiger charge is 2.39. The molecular formula is C69H54. The molecular weight excluding hydrogens is 829 g/mol. The fraction of sp³-hybridized carbons (Fsp3) is 0.159. The summed E-state index contributed by atoms with van der Waals surface area (Å²) in [5.41, 5.74) is 20.2. The maximum Gasteiger partial charge on any atom is 0.0155 e. The van der Waals surface area contributed by atoms with Gasteiger partial charge in [-0.15, -0.1) is 0 Å². The van der Waals surface area contributed by atoms with E-state index in [0.717, 1.165) is 38.5 Å². The second-order valence-electron chi connectivity index (χ2n) is 20.6. The Morgan fingerprint density at radius 1 is 0.391 bits per heavy atom. The summed E-state index contributed by atoms with van der Waals surface area (Å²) in [6, 6.07) is 60.4. The van der Waals surface area contributed by atoms with Gasteiger partial charge in [0.25, 0.3) is 0 Å². The third-order valence-electron chi connectivity index (χ3n) is 16.9. The maximum atomic E-state index is 2.58. The number of hydrogen-bond acceptors (Lipinski definition) is 0. The zero-order valence-corrected chi connectivity index (χ0v) is 39.5. The Hall–Kier alpha value is -7.54. The second-order valence-corrected chi connectivity index (χ2v) is 20.6. The van der Waals surface area contributed by atoms with Crippen molar-refractivity contribution in [2.75, 3.05) is 0 Å². The number of fused-ring (bicyclic) bond motifs is 8. The lowest BCUT2D eigenvalue weighted by molar-refractivity contribution is 0.652. The lowest BCUT2D eigenvalue weighted by atomic mass is 9.67. The van der Waals surface area contributed by atoms with Gasteiger partial charge in [0, 0.05) is 17.3 Å². The SMILES string of the molecule is CC1(C)C2=C(CCC(c3c4ccccc4c(-c4ccc(C5=c6ccccc6=C(C6=c7ccccc7=C(C7=CC=CCC7)C7C=CC=CC67)CC5)c5ccccc45)c4ccccc34)=C2)c2ccccc21. The summed E-state index contributed by atoms with van der Waals surface area (Å²) in [5, 5.41) is 13.5. The van der Waals surface area contributed by atoms with Crippen molar-refractivity contribution < 1.29 is 0 Å². The van der Waals surface area contributed by atoms with Gasteiger partial charge in [0.15, 0.2) is 0 Å². The lowest BCUT2D eigenvalue weighted by Crippen LogP contribution is -2.43. The Morgan fingerprint density at radius 3 is 1.59 bits per heavy atom. The predicted molar refractivity (Wildman–Crippen MR) is 293 cm³/mol. The average molecular weight is 883 g/mol. The number of hydrogen-bond donors (Lipinski definition) is 0. The summed E-state index contributed by atoms with van der Waals surface area (Å²) in [4.78, 5) is 0. The molecule has 6 aliphatic rings. The van der Waals surface area contributed by atoms with Crippen molar-refractivity contribution in [1.82, 2.24) is 0 Å². The van der Waals surface area contributed by atoms with Crippen LogP contribution in [0.5, 0.6) is 0 Å². The zero-order chi connectivity index (χ0) is 45.8. The van der Waals surface area contributed by atoms with Crippen molar-refractivity contribution in [3.05, 3.63) is 261 Å². The van der Waals surface area contributed by atoms with Crippen LogP contribution in [0.1, 0.15) is 74.6 Å². The quantitative estimate of drug-likeness (QED) is 0.151. The summed E-state index contributed by atoms with van der Waals surface area (Å²) in [5.74, 6) is 0.616. The molecule has 8 aromatic rings. The molecule has 69 heavy (non-hydrogen) atoms. The molecule has 0 fully saturated rings. The zero-order valence-electron chi connectivity index (χ0n) is 39.5. The van der Waals surface area contributed by atoms with Crippen molar-refractivity contribution in [1.29, 1.82) is 0 Å². The highest BCUT2D eigenvalue weighted by atomic mass is 14.4. The van der Waals surface area contributed by atoms with Gasteiger partial charge in [-0.05, 0) is 170 Å². The molecule has 0 saturated carbocycles. The Kier molecular flexibility index (Phi) is 9.26. The van der Waals surface area contributed by atoms with E-state index in [2.05, 4.69) is 220 Å². The van der Waals surface area contributed by atoms with Crippen LogP contribution in [0.4, 0.5) is 0 Å². The molecule has 0 bridgehead atoms. The molecule has 330 valence electrons. The van der Waals surface area contributed by atoms with Crippen LogP contribution >= 0.6 is 0 Å². The molecule has 0 amide bonds. The lowest BCUT2D eigenvalue weighted by Gasteiger charge is -2.36. The topological polar surface area (TPSA) is 0 Å². The molecule has 8 aromatic carbocycles. The first kappa shape index (κ1) is 40.5. The first-order valence-electron chi connectivity index (χ1n) is 25.4. The highest BCUT2D eigenvalue weighted by Crippen LogP contribution is 2.54. The normalized spacial score (nSPS) is 19.9. The van der Waals surface area contributed by atoms with E-state index in [1.165, 1.54) is 131 Å². The molecule has 0 radical (unpaired) electrons. The van der Waals surface area contributed by atoms with Gasteiger partial charge in [0.05, 0.1) is 0 Å². The van der Waals surface area contributed by atoms with Crippen molar-refractivity contribution in [2.45, 2.75) is 57.8 Å². The minimum absolute atomic E-state index is 0.0267. The van der Waals surface area contributed by atoms with Gasteiger partial charge in [-0.25, -0.2) is 0 Å². The van der Waals surface area contributed by atoms with Gasteiger partial charge in [0.1, 0.15) is 0 Å². The average Bonchev–Trinajstić information content (AvgIpc) is 3.64.